The lowest BCUT2D eigenvalue weighted by molar-refractivity contribution is -0.384. The molecule has 0 saturated carbocycles. The number of carbonyl (C=O) groups is 1. The minimum atomic E-state index is -0.585. The number of nitrogens with one attached hydrogen (secondary N) is 1. The number of hydrogen-bond donors (Lipinski definition) is 1. The summed E-state index contributed by atoms with van der Waals surface area (Å²) in [5, 5.41) is 14.3. The van der Waals surface area contributed by atoms with Gasteiger partial charge < -0.3 is 0 Å². The first-order chi connectivity index (χ1) is 10.5. The number of hydrazone groups is 1. The maximum absolute atomic E-state index is 13.5. The molecule has 0 aliphatic carbocycles. The maximum Gasteiger partial charge on any atom is 0.271 e. The fraction of sp³-hybridized carbons (Fsp3) is 0. The second-order valence-corrected chi connectivity index (χ2v) is 4.55. The van der Waals surface area contributed by atoms with Crippen molar-refractivity contribution in [1.29, 1.82) is 0 Å². The van der Waals surface area contributed by atoms with Gasteiger partial charge in [-0.05, 0) is 24.3 Å². The SMILES string of the molecule is O=C(N/N=C\c1c(F)cccc1Cl)c1ccc([N+](=O)[O-])cc1. The van der Waals surface area contributed by atoms with Crippen molar-refractivity contribution in [3.8, 4) is 0 Å². The summed E-state index contributed by atoms with van der Waals surface area (Å²) in [4.78, 5) is 21.7. The highest BCUT2D eigenvalue weighted by Crippen LogP contribution is 2.16. The Morgan fingerprint density at radius 1 is 1.27 bits per heavy atom. The average Bonchev–Trinajstić information content (AvgIpc) is 2.50. The Balaban J connectivity index is 2.06. The summed E-state index contributed by atoms with van der Waals surface area (Å²) in [6.07, 6.45) is 1.08. The van der Waals surface area contributed by atoms with Crippen LogP contribution in [0.3, 0.4) is 0 Å². The predicted molar refractivity (Wildman–Crippen MR) is 79.6 cm³/mol. The van der Waals surface area contributed by atoms with Crippen LogP contribution in [0.15, 0.2) is 47.6 Å². The van der Waals surface area contributed by atoms with Crippen molar-refractivity contribution in [2.45, 2.75) is 0 Å². The van der Waals surface area contributed by atoms with Crippen LogP contribution >= 0.6 is 11.6 Å². The first-order valence-electron chi connectivity index (χ1n) is 6.01. The lowest BCUT2D eigenvalue weighted by Gasteiger charge is -2.01. The third kappa shape index (κ3) is 3.64. The standard InChI is InChI=1S/C14H9ClFN3O3/c15-12-2-1-3-13(16)11(12)8-17-18-14(20)9-4-6-10(7-5-9)19(21)22/h1-8H,(H,18,20)/b17-8-. The number of rotatable bonds is 4. The summed E-state index contributed by atoms with van der Waals surface area (Å²) >= 11 is 5.80. The zero-order valence-electron chi connectivity index (χ0n) is 11.0. The minimum Gasteiger partial charge on any atom is -0.267 e. The molecule has 6 nitrogen and oxygen atoms in total. The summed E-state index contributed by atoms with van der Waals surface area (Å²) in [6.45, 7) is 0. The molecule has 0 aliphatic heterocycles. The van der Waals surface area contributed by atoms with E-state index in [4.69, 9.17) is 11.6 Å². The van der Waals surface area contributed by atoms with E-state index in [1.807, 2.05) is 0 Å². The van der Waals surface area contributed by atoms with E-state index in [0.29, 0.717) is 0 Å². The van der Waals surface area contributed by atoms with E-state index in [2.05, 4.69) is 10.5 Å². The van der Waals surface area contributed by atoms with Crippen LogP contribution in [0, 0.1) is 15.9 Å². The van der Waals surface area contributed by atoms with E-state index >= 15 is 0 Å². The second kappa shape index (κ2) is 6.77. The van der Waals surface area contributed by atoms with E-state index in [0.717, 1.165) is 6.21 Å². The molecule has 2 aromatic carbocycles. The quantitative estimate of drug-likeness (QED) is 0.533. The highest BCUT2D eigenvalue weighted by atomic mass is 35.5. The highest BCUT2D eigenvalue weighted by molar-refractivity contribution is 6.33. The molecule has 0 bridgehead atoms. The second-order valence-electron chi connectivity index (χ2n) is 4.14. The molecule has 22 heavy (non-hydrogen) atoms. The van der Waals surface area contributed by atoms with Gasteiger partial charge in [0, 0.05) is 23.3 Å². The Morgan fingerprint density at radius 3 is 2.55 bits per heavy atom. The molecule has 0 radical (unpaired) electrons. The largest absolute Gasteiger partial charge is 0.271 e. The first-order valence-corrected chi connectivity index (χ1v) is 6.38. The minimum absolute atomic E-state index is 0.0492. The summed E-state index contributed by atoms with van der Waals surface area (Å²) in [7, 11) is 0. The lowest BCUT2D eigenvalue weighted by Crippen LogP contribution is -2.17. The maximum atomic E-state index is 13.5. The predicted octanol–water partition coefficient (Wildman–Crippen LogP) is 3.15. The Morgan fingerprint density at radius 2 is 1.95 bits per heavy atom. The number of halogens is 2. The van der Waals surface area contributed by atoms with Crippen LogP contribution in [0.1, 0.15) is 15.9 Å². The van der Waals surface area contributed by atoms with Gasteiger partial charge >= 0.3 is 0 Å². The molecule has 2 aromatic rings. The lowest BCUT2D eigenvalue weighted by atomic mass is 10.2. The molecule has 0 atom stereocenters. The van der Waals surface area contributed by atoms with Crippen molar-refractivity contribution in [2.24, 2.45) is 5.10 Å². The van der Waals surface area contributed by atoms with Gasteiger partial charge in [-0.1, -0.05) is 17.7 Å². The molecule has 0 aromatic heterocycles. The van der Waals surface area contributed by atoms with Gasteiger partial charge in [0.25, 0.3) is 11.6 Å². The van der Waals surface area contributed by atoms with Crippen molar-refractivity contribution in [3.05, 3.63) is 74.5 Å². The van der Waals surface area contributed by atoms with Crippen LogP contribution in [-0.4, -0.2) is 17.0 Å². The van der Waals surface area contributed by atoms with Gasteiger partial charge in [-0.3, -0.25) is 14.9 Å². The van der Waals surface area contributed by atoms with Crippen molar-refractivity contribution in [1.82, 2.24) is 5.43 Å². The fourth-order valence-corrected chi connectivity index (χ4v) is 1.80. The first kappa shape index (κ1) is 15.6. The van der Waals surface area contributed by atoms with Gasteiger partial charge in [-0.25, -0.2) is 9.82 Å². The zero-order chi connectivity index (χ0) is 16.1. The topological polar surface area (TPSA) is 84.6 Å². The van der Waals surface area contributed by atoms with E-state index in [-0.39, 0.29) is 21.8 Å². The van der Waals surface area contributed by atoms with Crippen LogP contribution in [0.25, 0.3) is 0 Å². The van der Waals surface area contributed by atoms with Crippen molar-refractivity contribution >= 4 is 29.4 Å². The molecule has 0 fully saturated rings. The van der Waals surface area contributed by atoms with Gasteiger partial charge in [0.05, 0.1) is 16.2 Å². The monoisotopic (exact) mass is 321 g/mol. The molecular formula is C14H9ClFN3O3. The molecule has 0 saturated heterocycles. The fourth-order valence-electron chi connectivity index (χ4n) is 1.59. The Labute approximate surface area is 129 Å². The number of benzene rings is 2. The number of nitrogens with zero attached hydrogens (tertiary/aromatic N) is 2. The molecule has 0 unspecified atom stereocenters. The number of nitro benzene ring substituents is 1. The van der Waals surface area contributed by atoms with Gasteiger partial charge in [-0.15, -0.1) is 0 Å². The molecule has 0 spiro atoms. The third-order valence-electron chi connectivity index (χ3n) is 2.70. The van der Waals surface area contributed by atoms with E-state index in [1.165, 1.54) is 42.5 Å². The molecule has 112 valence electrons. The zero-order valence-corrected chi connectivity index (χ0v) is 11.7. The van der Waals surface area contributed by atoms with Gasteiger partial charge in [0.2, 0.25) is 0 Å². The van der Waals surface area contributed by atoms with E-state index in [1.54, 1.807) is 0 Å². The van der Waals surface area contributed by atoms with Crippen LogP contribution in [0.2, 0.25) is 5.02 Å². The molecule has 0 heterocycles. The normalized spacial score (nSPS) is 10.6. The van der Waals surface area contributed by atoms with Gasteiger partial charge in [0.15, 0.2) is 0 Å². The molecule has 2 rings (SSSR count). The van der Waals surface area contributed by atoms with Crippen molar-refractivity contribution < 1.29 is 14.1 Å². The molecule has 0 aliphatic rings. The number of amides is 1. The van der Waals surface area contributed by atoms with Crippen LogP contribution in [-0.2, 0) is 0 Å². The Bertz CT molecular complexity index is 727. The molecule has 1 N–H and O–H groups in total. The smallest absolute Gasteiger partial charge is 0.267 e. The number of hydrogen-bond acceptors (Lipinski definition) is 4. The van der Waals surface area contributed by atoms with E-state index < -0.39 is 16.6 Å². The van der Waals surface area contributed by atoms with Gasteiger partial charge in [-0.2, -0.15) is 5.10 Å². The van der Waals surface area contributed by atoms with Crippen LogP contribution in [0.5, 0.6) is 0 Å². The number of non-ortho nitro benzene ring substituents is 1. The van der Waals surface area contributed by atoms with Crippen LogP contribution in [0.4, 0.5) is 10.1 Å². The summed E-state index contributed by atoms with van der Waals surface area (Å²) < 4.78 is 13.5. The third-order valence-corrected chi connectivity index (χ3v) is 3.03. The highest BCUT2D eigenvalue weighted by Gasteiger charge is 2.09. The summed E-state index contributed by atoms with van der Waals surface area (Å²) in [6, 6.07) is 9.14. The molecule has 1 amide bonds. The van der Waals surface area contributed by atoms with Gasteiger partial charge in [0.1, 0.15) is 5.82 Å². The Hall–Kier alpha value is -2.80. The van der Waals surface area contributed by atoms with Crippen LogP contribution < -0.4 is 5.43 Å². The summed E-state index contributed by atoms with van der Waals surface area (Å²) in [5.41, 5.74) is 2.29. The number of nitro groups is 1. The summed E-state index contributed by atoms with van der Waals surface area (Å²) in [5.74, 6) is -1.15. The van der Waals surface area contributed by atoms with E-state index in [9.17, 15) is 19.3 Å². The average molecular weight is 322 g/mol. The number of carbonyl (C=O) groups excluding carboxylic acids is 1. The Kier molecular flexibility index (Phi) is 4.80. The van der Waals surface area contributed by atoms with Crippen molar-refractivity contribution in [3.63, 3.8) is 0 Å². The van der Waals surface area contributed by atoms with Crippen molar-refractivity contribution in [2.75, 3.05) is 0 Å². The molecule has 8 heteroatoms. The molecular weight excluding hydrogens is 313 g/mol.